The zero-order chi connectivity index (χ0) is 12.7. The van der Waals surface area contributed by atoms with Crippen molar-refractivity contribution < 1.29 is 4.74 Å². The fraction of sp³-hybridized carbons (Fsp3) is 0.538. The monoisotopic (exact) mass is 252 g/mol. The lowest BCUT2D eigenvalue weighted by atomic mass is 9.99. The molecule has 4 heteroatoms. The summed E-state index contributed by atoms with van der Waals surface area (Å²) in [6, 6.07) is 4.10. The van der Waals surface area contributed by atoms with Crippen LogP contribution in [0.3, 0.4) is 0 Å². The van der Waals surface area contributed by atoms with Gasteiger partial charge in [-0.25, -0.2) is 0 Å². The summed E-state index contributed by atoms with van der Waals surface area (Å²) in [5.74, 6) is 0.941. The Kier molecular flexibility index (Phi) is 6.45. The van der Waals surface area contributed by atoms with Gasteiger partial charge in [-0.2, -0.15) is 0 Å². The topological polar surface area (TPSA) is 21.3 Å². The summed E-state index contributed by atoms with van der Waals surface area (Å²) in [5.41, 5.74) is 2.33. The summed E-state index contributed by atoms with van der Waals surface area (Å²) in [5, 5.41) is 4.03. The standard InChI is InChI=1S/C13H20BClNO/c1-4-5-10-9-13(17-3)11(8-12(10)15)6-7-16-14-2/h8-9,16H,4-7H2,1-3H3. The molecule has 0 atom stereocenters. The molecule has 2 nitrogen and oxygen atoms in total. The molecule has 17 heavy (non-hydrogen) atoms. The average molecular weight is 253 g/mol. The first kappa shape index (κ1) is 14.4. The van der Waals surface area contributed by atoms with Crippen LogP contribution in [0.15, 0.2) is 12.1 Å². The van der Waals surface area contributed by atoms with E-state index < -0.39 is 0 Å². The largest absolute Gasteiger partial charge is 0.496 e. The van der Waals surface area contributed by atoms with E-state index >= 15 is 0 Å². The van der Waals surface area contributed by atoms with Crippen LogP contribution in [0.4, 0.5) is 0 Å². The fourth-order valence-corrected chi connectivity index (χ4v) is 2.11. The maximum atomic E-state index is 6.27. The Morgan fingerprint density at radius 3 is 2.65 bits per heavy atom. The highest BCUT2D eigenvalue weighted by molar-refractivity contribution is 6.31. The summed E-state index contributed by atoms with van der Waals surface area (Å²) in [6.45, 7) is 5.03. The van der Waals surface area contributed by atoms with Crippen LogP contribution in [-0.2, 0) is 12.8 Å². The molecule has 1 aromatic carbocycles. The number of aryl methyl sites for hydroxylation is 1. The maximum absolute atomic E-state index is 6.27. The fourth-order valence-electron chi connectivity index (χ4n) is 1.83. The molecule has 0 aliphatic carbocycles. The van der Waals surface area contributed by atoms with E-state index in [2.05, 4.69) is 18.2 Å². The van der Waals surface area contributed by atoms with Gasteiger partial charge in [-0.3, -0.25) is 0 Å². The number of benzene rings is 1. The molecule has 0 heterocycles. The van der Waals surface area contributed by atoms with Crippen LogP contribution in [0, 0.1) is 0 Å². The van der Waals surface area contributed by atoms with Crippen molar-refractivity contribution in [3.63, 3.8) is 0 Å². The van der Waals surface area contributed by atoms with Crippen molar-refractivity contribution in [3.05, 3.63) is 28.3 Å². The highest BCUT2D eigenvalue weighted by Gasteiger charge is 2.08. The Bertz CT molecular complexity index is 358. The Morgan fingerprint density at radius 1 is 1.29 bits per heavy atom. The molecule has 0 aliphatic heterocycles. The molecule has 0 amide bonds. The predicted octanol–water partition coefficient (Wildman–Crippen LogP) is 3.10. The molecule has 1 aromatic rings. The molecule has 0 saturated carbocycles. The lowest BCUT2D eigenvalue weighted by Gasteiger charge is -2.12. The van der Waals surface area contributed by atoms with E-state index in [1.54, 1.807) is 7.11 Å². The van der Waals surface area contributed by atoms with Gasteiger partial charge in [0.05, 0.1) is 7.11 Å². The summed E-state index contributed by atoms with van der Waals surface area (Å²) in [4.78, 5) is 0. The second-order valence-corrected chi connectivity index (χ2v) is 4.41. The first-order valence-corrected chi connectivity index (χ1v) is 6.47. The van der Waals surface area contributed by atoms with Crippen molar-refractivity contribution in [1.82, 2.24) is 5.23 Å². The third-order valence-electron chi connectivity index (χ3n) is 2.71. The number of hydrogen-bond acceptors (Lipinski definition) is 2. The van der Waals surface area contributed by atoms with Crippen molar-refractivity contribution >= 4 is 19.0 Å². The number of rotatable bonds is 7. The van der Waals surface area contributed by atoms with Gasteiger partial charge in [-0.15, -0.1) is 0 Å². The van der Waals surface area contributed by atoms with Gasteiger partial charge in [0, 0.05) is 5.02 Å². The van der Waals surface area contributed by atoms with Gasteiger partial charge in [-0.1, -0.05) is 31.8 Å². The molecular weight excluding hydrogens is 232 g/mol. The number of methoxy groups -OCH3 is 1. The van der Waals surface area contributed by atoms with Gasteiger partial charge in [0.15, 0.2) is 0 Å². The van der Waals surface area contributed by atoms with E-state index in [0.717, 1.165) is 42.1 Å². The van der Waals surface area contributed by atoms with Gasteiger partial charge in [0.25, 0.3) is 0 Å². The van der Waals surface area contributed by atoms with E-state index in [0.29, 0.717) is 0 Å². The lowest BCUT2D eigenvalue weighted by molar-refractivity contribution is 0.409. The highest BCUT2D eigenvalue weighted by atomic mass is 35.5. The third-order valence-corrected chi connectivity index (χ3v) is 3.06. The van der Waals surface area contributed by atoms with Gasteiger partial charge >= 0.3 is 0 Å². The van der Waals surface area contributed by atoms with Crippen LogP contribution in [0.5, 0.6) is 5.75 Å². The van der Waals surface area contributed by atoms with Crippen LogP contribution in [0.2, 0.25) is 11.8 Å². The Labute approximate surface area is 110 Å². The summed E-state index contributed by atoms with van der Waals surface area (Å²) >= 11 is 6.27. The van der Waals surface area contributed by atoms with Crippen LogP contribution in [0.25, 0.3) is 0 Å². The molecule has 0 aliphatic rings. The predicted molar refractivity (Wildman–Crippen MR) is 75.3 cm³/mol. The second-order valence-electron chi connectivity index (χ2n) is 4.00. The summed E-state index contributed by atoms with van der Waals surface area (Å²) in [7, 11) is 3.65. The molecule has 93 valence electrons. The van der Waals surface area contributed by atoms with Crippen LogP contribution >= 0.6 is 11.6 Å². The molecule has 0 aromatic heterocycles. The molecule has 0 spiro atoms. The van der Waals surface area contributed by atoms with Gasteiger partial charge in [0.1, 0.15) is 5.75 Å². The first-order chi connectivity index (χ1) is 8.22. The van der Waals surface area contributed by atoms with E-state index in [9.17, 15) is 0 Å². The molecular formula is C13H20BClNO. The molecule has 0 unspecified atom stereocenters. The molecule has 1 radical (unpaired) electrons. The Balaban J connectivity index is 2.85. The van der Waals surface area contributed by atoms with E-state index in [-0.39, 0.29) is 0 Å². The summed E-state index contributed by atoms with van der Waals surface area (Å²) in [6.07, 6.45) is 3.00. The average Bonchev–Trinajstić information content (AvgIpc) is 2.33. The van der Waals surface area contributed by atoms with Gasteiger partial charge in [-0.05, 0) is 42.6 Å². The van der Waals surface area contributed by atoms with Crippen molar-refractivity contribution in [2.75, 3.05) is 13.7 Å². The third kappa shape index (κ3) is 4.25. The molecule has 0 saturated heterocycles. The van der Waals surface area contributed by atoms with Crippen molar-refractivity contribution in [2.24, 2.45) is 0 Å². The van der Waals surface area contributed by atoms with E-state index in [1.165, 1.54) is 5.56 Å². The number of nitrogens with one attached hydrogen (secondary N) is 1. The number of hydrogen-bond donors (Lipinski definition) is 1. The van der Waals surface area contributed by atoms with E-state index in [1.807, 2.05) is 20.3 Å². The number of halogens is 1. The van der Waals surface area contributed by atoms with Crippen molar-refractivity contribution in [3.8, 4) is 5.75 Å². The highest BCUT2D eigenvalue weighted by Crippen LogP contribution is 2.28. The zero-order valence-electron chi connectivity index (χ0n) is 10.8. The lowest BCUT2D eigenvalue weighted by Crippen LogP contribution is -2.19. The second kappa shape index (κ2) is 7.62. The SMILES string of the molecule is C[B]NCCc1cc(Cl)c(CCC)cc1OC. The normalized spacial score (nSPS) is 10.4. The van der Waals surface area contributed by atoms with Crippen LogP contribution in [0.1, 0.15) is 24.5 Å². The summed E-state index contributed by atoms with van der Waals surface area (Å²) < 4.78 is 5.42. The molecule has 1 N–H and O–H groups in total. The minimum Gasteiger partial charge on any atom is -0.496 e. The molecule has 0 bridgehead atoms. The molecule has 0 fully saturated rings. The van der Waals surface area contributed by atoms with Crippen LogP contribution in [-0.4, -0.2) is 21.1 Å². The Hall–Kier alpha value is -0.665. The van der Waals surface area contributed by atoms with Crippen molar-refractivity contribution in [2.45, 2.75) is 33.0 Å². The zero-order valence-corrected chi connectivity index (χ0v) is 11.6. The maximum Gasteiger partial charge on any atom is 0.201 e. The Morgan fingerprint density at radius 2 is 2.06 bits per heavy atom. The minimum absolute atomic E-state index is 0.850. The quantitative estimate of drug-likeness (QED) is 0.595. The number of ether oxygens (including phenoxy) is 1. The van der Waals surface area contributed by atoms with Gasteiger partial charge in [0.2, 0.25) is 7.41 Å². The minimum atomic E-state index is 0.850. The smallest absolute Gasteiger partial charge is 0.201 e. The van der Waals surface area contributed by atoms with Crippen LogP contribution < -0.4 is 9.96 Å². The van der Waals surface area contributed by atoms with Crippen molar-refractivity contribution in [1.29, 1.82) is 0 Å². The van der Waals surface area contributed by atoms with Gasteiger partial charge < -0.3 is 9.96 Å². The first-order valence-electron chi connectivity index (χ1n) is 6.09. The molecule has 1 rings (SSSR count). The van der Waals surface area contributed by atoms with E-state index in [4.69, 9.17) is 16.3 Å².